The van der Waals surface area contributed by atoms with E-state index < -0.39 is 0 Å². The molecule has 0 unspecified atom stereocenters. The molecular weight excluding hydrogens is 428 g/mol. The Balaban J connectivity index is 1.73. The van der Waals surface area contributed by atoms with Crippen molar-refractivity contribution in [2.75, 3.05) is 13.7 Å². The lowest BCUT2D eigenvalue weighted by Gasteiger charge is -2.39. The van der Waals surface area contributed by atoms with Crippen molar-refractivity contribution in [3.63, 3.8) is 0 Å². The predicted octanol–water partition coefficient (Wildman–Crippen LogP) is 4.40. The van der Waals surface area contributed by atoms with Gasteiger partial charge in [-0.2, -0.15) is 0 Å². The smallest absolute Gasteiger partial charge is 0.252 e. The molecule has 1 aliphatic carbocycles. The van der Waals surface area contributed by atoms with Crippen LogP contribution in [-0.4, -0.2) is 49.8 Å². The molecule has 1 fully saturated rings. The Morgan fingerprint density at radius 2 is 2.03 bits per heavy atom. The summed E-state index contributed by atoms with van der Waals surface area (Å²) in [5.41, 5.74) is 2.97. The average molecular weight is 467 g/mol. The number of H-pyrrole nitrogens is 1. The van der Waals surface area contributed by atoms with Crippen molar-refractivity contribution in [1.29, 1.82) is 0 Å². The van der Waals surface area contributed by atoms with Crippen LogP contribution in [0.4, 0.5) is 0 Å². The second-order valence-corrected chi connectivity index (χ2v) is 9.42. The highest BCUT2D eigenvalue weighted by Crippen LogP contribution is 2.33. The average Bonchev–Trinajstić information content (AvgIpc) is 3.33. The van der Waals surface area contributed by atoms with Gasteiger partial charge in [-0.05, 0) is 65.3 Å². The summed E-state index contributed by atoms with van der Waals surface area (Å²) in [5, 5.41) is 13.8. The van der Waals surface area contributed by atoms with E-state index in [2.05, 4.69) is 57.5 Å². The second kappa shape index (κ2) is 11.7. The third-order valence-corrected chi connectivity index (χ3v) is 7.12. The van der Waals surface area contributed by atoms with Gasteiger partial charge in [0.05, 0.1) is 19.2 Å². The molecule has 34 heavy (non-hydrogen) atoms. The van der Waals surface area contributed by atoms with Crippen molar-refractivity contribution < 1.29 is 4.74 Å². The van der Waals surface area contributed by atoms with E-state index in [1.807, 2.05) is 10.7 Å². The summed E-state index contributed by atoms with van der Waals surface area (Å²) in [6.07, 6.45) is 8.95. The Hall–Kier alpha value is -2.58. The van der Waals surface area contributed by atoms with Crippen molar-refractivity contribution in [2.24, 2.45) is 0 Å². The molecule has 0 saturated heterocycles. The molecule has 8 heteroatoms. The predicted molar refractivity (Wildman–Crippen MR) is 134 cm³/mol. The van der Waals surface area contributed by atoms with Gasteiger partial charge in [0.2, 0.25) is 0 Å². The number of pyridine rings is 1. The first-order valence-corrected chi connectivity index (χ1v) is 12.8. The van der Waals surface area contributed by atoms with Crippen molar-refractivity contribution in [3.05, 3.63) is 51.6 Å². The van der Waals surface area contributed by atoms with Gasteiger partial charge in [0.25, 0.3) is 5.56 Å². The number of benzene rings is 1. The van der Waals surface area contributed by atoms with Gasteiger partial charge in [0, 0.05) is 30.8 Å². The molecule has 1 aromatic carbocycles. The summed E-state index contributed by atoms with van der Waals surface area (Å²) in [4.78, 5) is 18.8. The van der Waals surface area contributed by atoms with Gasteiger partial charge in [-0.3, -0.25) is 9.69 Å². The minimum atomic E-state index is -0.00761. The molecule has 0 aliphatic heterocycles. The van der Waals surface area contributed by atoms with Gasteiger partial charge in [0.15, 0.2) is 5.82 Å². The number of rotatable bonds is 11. The first kappa shape index (κ1) is 24.5. The molecule has 8 nitrogen and oxygen atoms in total. The SMILES string of the molecule is CCC[C@H](c1nnnn1CCOC)N(Cc1cc2cc(CC)ccc2[nH]c1=O)C1CCCCC1. The normalized spacial score (nSPS) is 15.9. The quantitative estimate of drug-likeness (QED) is 0.451. The fourth-order valence-corrected chi connectivity index (χ4v) is 5.25. The van der Waals surface area contributed by atoms with E-state index in [1.54, 1.807) is 7.11 Å². The van der Waals surface area contributed by atoms with Gasteiger partial charge in [-0.15, -0.1) is 5.10 Å². The van der Waals surface area contributed by atoms with Crippen LogP contribution in [0.1, 0.15) is 81.8 Å². The zero-order valence-corrected chi connectivity index (χ0v) is 20.8. The van der Waals surface area contributed by atoms with Crippen molar-refractivity contribution in [3.8, 4) is 0 Å². The molecule has 2 aromatic heterocycles. The molecule has 0 spiro atoms. The van der Waals surface area contributed by atoms with Crippen LogP contribution >= 0.6 is 0 Å². The molecule has 0 amide bonds. The third kappa shape index (κ3) is 5.55. The molecule has 2 heterocycles. The topological polar surface area (TPSA) is 88.9 Å². The van der Waals surface area contributed by atoms with E-state index in [4.69, 9.17) is 4.74 Å². The Morgan fingerprint density at radius 1 is 1.21 bits per heavy atom. The van der Waals surface area contributed by atoms with Gasteiger partial charge >= 0.3 is 0 Å². The molecule has 4 rings (SSSR count). The highest BCUT2D eigenvalue weighted by atomic mass is 16.5. The highest BCUT2D eigenvalue weighted by Gasteiger charge is 2.32. The fraction of sp³-hybridized carbons (Fsp3) is 0.615. The summed E-state index contributed by atoms with van der Waals surface area (Å²) < 4.78 is 7.16. The second-order valence-electron chi connectivity index (χ2n) is 9.42. The maximum atomic E-state index is 13.1. The summed E-state index contributed by atoms with van der Waals surface area (Å²) in [6.45, 7) is 6.12. The van der Waals surface area contributed by atoms with Crippen LogP contribution < -0.4 is 5.56 Å². The van der Waals surface area contributed by atoms with Crippen LogP contribution in [0.15, 0.2) is 29.1 Å². The molecular formula is C26H38N6O2. The first-order chi connectivity index (χ1) is 16.6. The minimum absolute atomic E-state index is 0.00761. The van der Waals surface area contributed by atoms with Crippen LogP contribution in [0.2, 0.25) is 0 Å². The van der Waals surface area contributed by atoms with Crippen molar-refractivity contribution >= 4 is 10.9 Å². The number of aryl methyl sites for hydroxylation is 1. The van der Waals surface area contributed by atoms with Gasteiger partial charge in [0.1, 0.15) is 0 Å². The zero-order valence-electron chi connectivity index (χ0n) is 20.8. The van der Waals surface area contributed by atoms with Crippen LogP contribution in [0, 0.1) is 0 Å². The molecule has 1 N–H and O–H groups in total. The zero-order chi connectivity index (χ0) is 23.9. The minimum Gasteiger partial charge on any atom is -0.383 e. The van der Waals surface area contributed by atoms with Gasteiger partial charge in [-0.25, -0.2) is 4.68 Å². The van der Waals surface area contributed by atoms with E-state index in [-0.39, 0.29) is 11.6 Å². The third-order valence-electron chi connectivity index (χ3n) is 7.12. The molecule has 1 saturated carbocycles. The van der Waals surface area contributed by atoms with E-state index in [0.29, 0.717) is 25.7 Å². The first-order valence-electron chi connectivity index (χ1n) is 12.8. The number of hydrogen-bond donors (Lipinski definition) is 1. The lowest BCUT2D eigenvalue weighted by Crippen LogP contribution is -2.41. The van der Waals surface area contributed by atoms with Crippen LogP contribution in [-0.2, 0) is 24.2 Å². The molecule has 1 aliphatic rings. The number of methoxy groups -OCH3 is 1. The standard InChI is InChI=1S/C26H38N6O2/c1-4-9-24(25-28-29-30-32(25)14-15-34-3)31(22-10-7-6-8-11-22)18-21-17-20-16-19(5-2)12-13-23(20)27-26(21)33/h12-13,16-17,22,24H,4-11,14-15,18H2,1-3H3,(H,27,33)/t24-/m1/s1. The number of nitrogens with one attached hydrogen (secondary N) is 1. The van der Waals surface area contributed by atoms with Gasteiger partial charge in [-0.1, -0.05) is 45.6 Å². The molecule has 3 aromatic rings. The van der Waals surface area contributed by atoms with Crippen LogP contribution in [0.25, 0.3) is 10.9 Å². The van der Waals surface area contributed by atoms with Crippen LogP contribution in [0.5, 0.6) is 0 Å². The number of nitrogens with zero attached hydrogens (tertiary/aromatic N) is 5. The maximum Gasteiger partial charge on any atom is 0.252 e. The van der Waals surface area contributed by atoms with E-state index in [1.165, 1.54) is 24.8 Å². The number of fused-ring (bicyclic) bond motifs is 1. The molecule has 0 radical (unpaired) electrons. The van der Waals surface area contributed by atoms with Crippen molar-refractivity contribution in [1.82, 2.24) is 30.1 Å². The lowest BCUT2D eigenvalue weighted by molar-refractivity contribution is 0.0795. The summed E-state index contributed by atoms with van der Waals surface area (Å²) >= 11 is 0. The molecule has 0 bridgehead atoms. The fourth-order valence-electron chi connectivity index (χ4n) is 5.25. The molecule has 1 atom stereocenters. The van der Waals surface area contributed by atoms with E-state index >= 15 is 0 Å². The van der Waals surface area contributed by atoms with E-state index in [9.17, 15) is 4.79 Å². The van der Waals surface area contributed by atoms with Crippen molar-refractivity contribution in [2.45, 2.75) is 90.4 Å². The number of aromatic amines is 1. The molecule has 184 valence electrons. The Morgan fingerprint density at radius 3 is 2.76 bits per heavy atom. The maximum absolute atomic E-state index is 13.1. The highest BCUT2D eigenvalue weighted by molar-refractivity contribution is 5.79. The monoisotopic (exact) mass is 466 g/mol. The number of tetrazole rings is 1. The number of ether oxygens (including phenoxy) is 1. The Bertz CT molecular complexity index is 1120. The number of aromatic nitrogens is 5. The summed E-state index contributed by atoms with van der Waals surface area (Å²) in [5.74, 6) is 0.870. The largest absolute Gasteiger partial charge is 0.383 e. The Kier molecular flexibility index (Phi) is 8.45. The van der Waals surface area contributed by atoms with Crippen LogP contribution in [0.3, 0.4) is 0 Å². The Labute approximate surface area is 201 Å². The summed E-state index contributed by atoms with van der Waals surface area (Å²) in [6, 6.07) is 8.84. The summed E-state index contributed by atoms with van der Waals surface area (Å²) in [7, 11) is 1.69. The number of hydrogen-bond acceptors (Lipinski definition) is 6. The van der Waals surface area contributed by atoms with E-state index in [0.717, 1.165) is 54.4 Å². The lowest BCUT2D eigenvalue weighted by atomic mass is 9.91. The van der Waals surface area contributed by atoms with Gasteiger partial charge < -0.3 is 9.72 Å².